The van der Waals surface area contributed by atoms with Gasteiger partial charge >= 0.3 is 0 Å². The number of benzene rings is 1. The van der Waals surface area contributed by atoms with E-state index in [2.05, 4.69) is 48.9 Å². The summed E-state index contributed by atoms with van der Waals surface area (Å²) in [4.78, 5) is 9.05. The van der Waals surface area contributed by atoms with Crippen molar-refractivity contribution in [3.8, 4) is 11.3 Å². The van der Waals surface area contributed by atoms with E-state index in [1.165, 1.54) is 16.5 Å². The molecular weight excluding hydrogens is 242 g/mol. The summed E-state index contributed by atoms with van der Waals surface area (Å²) < 4.78 is 0. The average Bonchev–Trinajstić information content (AvgIpc) is 2.77. The first kappa shape index (κ1) is 11.3. The zero-order chi connectivity index (χ0) is 12.9. The van der Waals surface area contributed by atoms with Crippen molar-refractivity contribution in [2.45, 2.75) is 20.8 Å². The topological polar surface area (TPSA) is 54.7 Å². The van der Waals surface area contributed by atoms with Gasteiger partial charge in [-0.1, -0.05) is 11.6 Å². The highest BCUT2D eigenvalue weighted by atomic mass is 32.1. The number of hydrogen-bond donors (Lipinski definition) is 2. The van der Waals surface area contributed by atoms with Crippen molar-refractivity contribution in [3.63, 3.8) is 0 Å². The van der Waals surface area contributed by atoms with Gasteiger partial charge in [0.05, 0.1) is 5.69 Å². The van der Waals surface area contributed by atoms with Crippen LogP contribution in [-0.4, -0.2) is 9.97 Å². The zero-order valence-electron chi connectivity index (χ0n) is 10.7. The summed E-state index contributed by atoms with van der Waals surface area (Å²) in [6, 6.07) is 6.43. The van der Waals surface area contributed by atoms with Gasteiger partial charge in [-0.25, -0.2) is 4.98 Å². The molecule has 2 aromatic heterocycles. The second kappa shape index (κ2) is 3.85. The summed E-state index contributed by atoms with van der Waals surface area (Å²) in [5.41, 5.74) is 11.5. The first-order chi connectivity index (χ1) is 8.56. The van der Waals surface area contributed by atoms with E-state index in [9.17, 15) is 0 Å². The summed E-state index contributed by atoms with van der Waals surface area (Å²) in [5.74, 6) is 0. The van der Waals surface area contributed by atoms with E-state index in [0.29, 0.717) is 5.13 Å². The van der Waals surface area contributed by atoms with Crippen molar-refractivity contribution < 1.29 is 0 Å². The molecule has 0 amide bonds. The molecule has 0 radical (unpaired) electrons. The quantitative estimate of drug-likeness (QED) is 0.696. The predicted octanol–water partition coefficient (Wildman–Crippen LogP) is 3.80. The van der Waals surface area contributed by atoms with Crippen molar-refractivity contribution in [1.29, 1.82) is 0 Å². The van der Waals surface area contributed by atoms with E-state index >= 15 is 0 Å². The fourth-order valence-electron chi connectivity index (χ4n) is 2.39. The largest absolute Gasteiger partial charge is 0.375 e. The lowest BCUT2D eigenvalue weighted by molar-refractivity contribution is 1.28. The molecule has 0 spiro atoms. The van der Waals surface area contributed by atoms with E-state index in [1.807, 2.05) is 0 Å². The maximum absolute atomic E-state index is 5.81. The summed E-state index contributed by atoms with van der Waals surface area (Å²) in [6.07, 6.45) is 0. The van der Waals surface area contributed by atoms with Crippen molar-refractivity contribution in [1.82, 2.24) is 9.97 Å². The number of nitrogens with two attached hydrogens (primary N) is 1. The highest BCUT2D eigenvalue weighted by Crippen LogP contribution is 2.36. The number of aromatic amines is 1. The Balaban J connectivity index is 2.37. The van der Waals surface area contributed by atoms with Crippen molar-refractivity contribution in [2.24, 2.45) is 0 Å². The number of nitrogen functional groups attached to an aromatic ring is 1. The van der Waals surface area contributed by atoms with Crippen LogP contribution < -0.4 is 5.73 Å². The Bertz CT molecular complexity index is 737. The maximum atomic E-state index is 5.81. The third-order valence-corrected chi connectivity index (χ3v) is 3.99. The molecule has 4 heteroatoms. The van der Waals surface area contributed by atoms with E-state index in [4.69, 9.17) is 5.73 Å². The Hall–Kier alpha value is -1.81. The van der Waals surface area contributed by atoms with Gasteiger partial charge in [-0.3, -0.25) is 0 Å². The molecule has 3 N–H and O–H groups in total. The second-order valence-electron chi connectivity index (χ2n) is 4.63. The minimum atomic E-state index is 0.629. The molecule has 0 saturated carbocycles. The summed E-state index contributed by atoms with van der Waals surface area (Å²) >= 11 is 1.54. The van der Waals surface area contributed by atoms with Gasteiger partial charge in [0.2, 0.25) is 0 Å². The number of fused-ring (bicyclic) bond motifs is 1. The molecule has 1 aromatic carbocycles. The van der Waals surface area contributed by atoms with E-state index < -0.39 is 0 Å². The third-order valence-electron chi connectivity index (χ3n) is 3.19. The predicted molar refractivity (Wildman–Crippen MR) is 78.0 cm³/mol. The lowest BCUT2D eigenvalue weighted by Gasteiger charge is -2.00. The van der Waals surface area contributed by atoms with Crippen molar-refractivity contribution >= 4 is 27.4 Å². The molecule has 0 saturated heterocycles. The normalized spacial score (nSPS) is 11.3. The van der Waals surface area contributed by atoms with E-state index in [-0.39, 0.29) is 0 Å². The SMILES string of the molecule is Cc1ccc2[nH]c(C)c(-c3nc(N)sc3C)c2c1. The van der Waals surface area contributed by atoms with Crippen LogP contribution in [0.2, 0.25) is 0 Å². The second-order valence-corrected chi connectivity index (χ2v) is 5.87. The highest BCUT2D eigenvalue weighted by Gasteiger charge is 2.16. The van der Waals surface area contributed by atoms with Crippen molar-refractivity contribution in [2.75, 3.05) is 5.73 Å². The molecule has 0 unspecified atom stereocenters. The Kier molecular flexibility index (Phi) is 2.41. The molecule has 3 aromatic rings. The fraction of sp³-hybridized carbons (Fsp3) is 0.214. The first-order valence-electron chi connectivity index (χ1n) is 5.88. The highest BCUT2D eigenvalue weighted by molar-refractivity contribution is 7.15. The van der Waals surface area contributed by atoms with Crippen LogP contribution in [0.15, 0.2) is 18.2 Å². The number of aryl methyl sites for hydroxylation is 3. The number of anilines is 1. The molecule has 0 aliphatic rings. The molecule has 3 nitrogen and oxygen atoms in total. The zero-order valence-corrected chi connectivity index (χ0v) is 11.5. The Morgan fingerprint density at radius 2 is 2.00 bits per heavy atom. The molecule has 18 heavy (non-hydrogen) atoms. The van der Waals surface area contributed by atoms with Crippen LogP contribution in [-0.2, 0) is 0 Å². The number of aromatic nitrogens is 2. The summed E-state index contributed by atoms with van der Waals surface area (Å²) in [6.45, 7) is 6.25. The summed E-state index contributed by atoms with van der Waals surface area (Å²) in [5, 5.41) is 1.85. The van der Waals surface area contributed by atoms with Crippen molar-refractivity contribution in [3.05, 3.63) is 34.3 Å². The molecule has 0 aliphatic heterocycles. The molecule has 0 bridgehead atoms. The van der Waals surface area contributed by atoms with Gasteiger partial charge in [0.15, 0.2) is 5.13 Å². The van der Waals surface area contributed by atoms with Crippen LogP contribution in [0.5, 0.6) is 0 Å². The van der Waals surface area contributed by atoms with Crippen LogP contribution in [0.1, 0.15) is 16.1 Å². The Morgan fingerprint density at radius 1 is 1.22 bits per heavy atom. The molecule has 0 atom stereocenters. The van der Waals surface area contributed by atoms with E-state index in [0.717, 1.165) is 21.8 Å². The van der Waals surface area contributed by atoms with Gasteiger partial charge in [-0.15, -0.1) is 11.3 Å². The number of thiazole rings is 1. The monoisotopic (exact) mass is 257 g/mol. The molecule has 92 valence electrons. The van der Waals surface area contributed by atoms with Gasteiger partial charge < -0.3 is 10.7 Å². The smallest absolute Gasteiger partial charge is 0.180 e. The molecule has 3 rings (SSSR count). The van der Waals surface area contributed by atoms with Crippen LogP contribution in [0.25, 0.3) is 22.2 Å². The minimum Gasteiger partial charge on any atom is -0.375 e. The third kappa shape index (κ3) is 1.61. The van der Waals surface area contributed by atoms with Gasteiger partial charge in [0, 0.05) is 27.0 Å². The number of nitrogens with one attached hydrogen (secondary N) is 1. The lowest BCUT2D eigenvalue weighted by atomic mass is 10.1. The Labute approximate surface area is 110 Å². The number of H-pyrrole nitrogens is 1. The maximum Gasteiger partial charge on any atom is 0.180 e. The number of rotatable bonds is 1. The summed E-state index contributed by atoms with van der Waals surface area (Å²) in [7, 11) is 0. The van der Waals surface area contributed by atoms with Crippen LogP contribution in [0.4, 0.5) is 5.13 Å². The standard InChI is InChI=1S/C14H15N3S/c1-7-4-5-11-10(6-7)12(8(2)16-11)13-9(3)18-14(15)17-13/h4-6,16H,1-3H3,(H2,15,17). The van der Waals surface area contributed by atoms with Gasteiger partial charge in [-0.2, -0.15) is 0 Å². The molecule has 2 heterocycles. The molecular formula is C14H15N3S. The minimum absolute atomic E-state index is 0.629. The van der Waals surface area contributed by atoms with Gasteiger partial charge in [0.1, 0.15) is 0 Å². The molecule has 0 aliphatic carbocycles. The lowest BCUT2D eigenvalue weighted by Crippen LogP contribution is -1.85. The van der Waals surface area contributed by atoms with Crippen LogP contribution in [0, 0.1) is 20.8 Å². The number of nitrogens with zero attached hydrogens (tertiary/aromatic N) is 1. The van der Waals surface area contributed by atoms with Crippen LogP contribution in [0.3, 0.4) is 0 Å². The van der Waals surface area contributed by atoms with Gasteiger partial charge in [-0.05, 0) is 32.9 Å². The van der Waals surface area contributed by atoms with Crippen LogP contribution >= 0.6 is 11.3 Å². The number of hydrogen-bond acceptors (Lipinski definition) is 3. The Morgan fingerprint density at radius 3 is 2.67 bits per heavy atom. The van der Waals surface area contributed by atoms with E-state index in [1.54, 1.807) is 11.3 Å². The first-order valence-corrected chi connectivity index (χ1v) is 6.70. The van der Waals surface area contributed by atoms with Gasteiger partial charge in [0.25, 0.3) is 0 Å². The average molecular weight is 257 g/mol. The fourth-order valence-corrected chi connectivity index (χ4v) is 3.09. The molecule has 0 fully saturated rings.